The summed E-state index contributed by atoms with van der Waals surface area (Å²) in [5.41, 5.74) is 7.30. The quantitative estimate of drug-likeness (QED) is 0.729. The van der Waals surface area contributed by atoms with Crippen LogP contribution >= 0.6 is 0 Å². The molecule has 0 saturated heterocycles. The van der Waals surface area contributed by atoms with E-state index in [1.807, 2.05) is 0 Å². The van der Waals surface area contributed by atoms with Crippen molar-refractivity contribution in [2.24, 2.45) is 11.7 Å². The van der Waals surface area contributed by atoms with Gasteiger partial charge in [0.15, 0.2) is 0 Å². The summed E-state index contributed by atoms with van der Waals surface area (Å²) in [5, 5.41) is 6.36. The predicted octanol–water partition coefficient (Wildman–Crippen LogP) is 3.27. The van der Waals surface area contributed by atoms with Crippen LogP contribution in [0.15, 0.2) is 30.5 Å². The zero-order valence-electron chi connectivity index (χ0n) is 14.2. The van der Waals surface area contributed by atoms with Gasteiger partial charge >= 0.3 is 0 Å². The SMILES string of the molecule is CCCNc1nc(Nc2ccc(F)cc2)ncc1C#C[C@H]1C[C@@H](N)C1. The second-order valence-electron chi connectivity index (χ2n) is 6.21. The van der Waals surface area contributed by atoms with Gasteiger partial charge in [0.05, 0.1) is 11.8 Å². The lowest BCUT2D eigenvalue weighted by molar-refractivity contribution is 0.335. The minimum atomic E-state index is -0.280. The van der Waals surface area contributed by atoms with E-state index in [0.717, 1.165) is 37.1 Å². The molecule has 4 N–H and O–H groups in total. The smallest absolute Gasteiger partial charge is 0.229 e. The zero-order valence-corrected chi connectivity index (χ0v) is 14.2. The first-order valence-corrected chi connectivity index (χ1v) is 8.54. The molecule has 1 aromatic heterocycles. The van der Waals surface area contributed by atoms with Crippen molar-refractivity contribution >= 4 is 17.5 Å². The number of halogens is 1. The van der Waals surface area contributed by atoms with Crippen LogP contribution in [-0.2, 0) is 0 Å². The number of nitrogens with one attached hydrogen (secondary N) is 2. The van der Waals surface area contributed by atoms with Gasteiger partial charge in [0.2, 0.25) is 5.95 Å². The molecular formula is C19H22FN5. The van der Waals surface area contributed by atoms with Crippen LogP contribution in [-0.4, -0.2) is 22.6 Å². The van der Waals surface area contributed by atoms with Gasteiger partial charge in [0.25, 0.3) is 0 Å². The maximum absolute atomic E-state index is 13.0. The third-order valence-electron chi connectivity index (χ3n) is 4.02. The molecule has 2 aromatic rings. The topological polar surface area (TPSA) is 75.9 Å². The summed E-state index contributed by atoms with van der Waals surface area (Å²) in [6, 6.07) is 6.36. The summed E-state index contributed by atoms with van der Waals surface area (Å²) < 4.78 is 13.0. The van der Waals surface area contributed by atoms with Crippen LogP contribution in [0.2, 0.25) is 0 Å². The highest BCUT2D eigenvalue weighted by atomic mass is 19.1. The Labute approximate surface area is 147 Å². The number of rotatable bonds is 5. The number of hydrogen-bond acceptors (Lipinski definition) is 5. The van der Waals surface area contributed by atoms with Gasteiger partial charge in [-0.1, -0.05) is 18.8 Å². The molecule has 0 bridgehead atoms. The summed E-state index contributed by atoms with van der Waals surface area (Å²) in [4.78, 5) is 8.83. The van der Waals surface area contributed by atoms with Crippen LogP contribution in [0.25, 0.3) is 0 Å². The lowest BCUT2D eigenvalue weighted by atomic mass is 9.81. The van der Waals surface area contributed by atoms with Crippen LogP contribution < -0.4 is 16.4 Å². The van der Waals surface area contributed by atoms with Gasteiger partial charge in [0, 0.05) is 24.2 Å². The molecule has 6 heteroatoms. The number of aromatic nitrogens is 2. The van der Waals surface area contributed by atoms with Crippen molar-refractivity contribution in [1.82, 2.24) is 9.97 Å². The highest BCUT2D eigenvalue weighted by Crippen LogP contribution is 2.25. The minimum absolute atomic E-state index is 0.280. The molecule has 0 atom stereocenters. The molecule has 130 valence electrons. The monoisotopic (exact) mass is 339 g/mol. The van der Waals surface area contributed by atoms with Gasteiger partial charge in [-0.15, -0.1) is 0 Å². The third-order valence-corrected chi connectivity index (χ3v) is 4.02. The average Bonchev–Trinajstić information content (AvgIpc) is 2.59. The molecule has 25 heavy (non-hydrogen) atoms. The molecule has 0 spiro atoms. The molecule has 0 aliphatic heterocycles. The minimum Gasteiger partial charge on any atom is -0.369 e. The van der Waals surface area contributed by atoms with Crippen LogP contribution in [0.3, 0.4) is 0 Å². The Kier molecular flexibility index (Phi) is 5.46. The van der Waals surface area contributed by atoms with Gasteiger partial charge in [0.1, 0.15) is 11.6 Å². The molecule has 5 nitrogen and oxygen atoms in total. The normalized spacial score (nSPS) is 18.7. The summed E-state index contributed by atoms with van der Waals surface area (Å²) in [5.74, 6) is 7.66. The second-order valence-corrected chi connectivity index (χ2v) is 6.21. The first-order valence-electron chi connectivity index (χ1n) is 8.54. The van der Waals surface area contributed by atoms with Crippen LogP contribution in [0, 0.1) is 23.6 Å². The Morgan fingerprint density at radius 1 is 1.28 bits per heavy atom. The van der Waals surface area contributed by atoms with Crippen molar-refractivity contribution in [3.05, 3.63) is 41.8 Å². The highest BCUT2D eigenvalue weighted by molar-refractivity contribution is 5.59. The van der Waals surface area contributed by atoms with E-state index in [1.165, 1.54) is 12.1 Å². The van der Waals surface area contributed by atoms with Crippen molar-refractivity contribution in [2.45, 2.75) is 32.2 Å². The highest BCUT2D eigenvalue weighted by Gasteiger charge is 2.23. The third kappa shape index (κ3) is 4.68. The molecule has 0 radical (unpaired) electrons. The maximum atomic E-state index is 13.0. The first kappa shape index (κ1) is 17.2. The maximum Gasteiger partial charge on any atom is 0.229 e. The number of anilines is 3. The van der Waals surface area contributed by atoms with E-state index < -0.39 is 0 Å². The Bertz CT molecular complexity index is 773. The average molecular weight is 339 g/mol. The van der Waals surface area contributed by atoms with Gasteiger partial charge < -0.3 is 16.4 Å². The molecule has 0 unspecified atom stereocenters. The number of benzene rings is 1. The molecule has 3 rings (SSSR count). The molecular weight excluding hydrogens is 317 g/mol. The Balaban J connectivity index is 1.77. The van der Waals surface area contributed by atoms with Crippen LogP contribution in [0.4, 0.5) is 21.8 Å². The molecule has 1 fully saturated rings. The second kappa shape index (κ2) is 7.95. The Morgan fingerprint density at radius 2 is 2.04 bits per heavy atom. The molecule has 1 aromatic carbocycles. The summed E-state index contributed by atoms with van der Waals surface area (Å²) in [6.07, 6.45) is 4.60. The lowest BCUT2D eigenvalue weighted by Crippen LogP contribution is -2.35. The first-order chi connectivity index (χ1) is 12.1. The molecule has 1 aliphatic rings. The Morgan fingerprint density at radius 3 is 2.72 bits per heavy atom. The van der Waals surface area contributed by atoms with Gasteiger partial charge in [-0.3, -0.25) is 0 Å². The molecule has 0 amide bonds. The molecule has 1 aliphatic carbocycles. The fourth-order valence-corrected chi connectivity index (χ4v) is 2.53. The largest absolute Gasteiger partial charge is 0.369 e. The van der Waals surface area contributed by atoms with Crippen molar-refractivity contribution in [3.8, 4) is 11.8 Å². The number of nitrogens with zero attached hydrogens (tertiary/aromatic N) is 2. The molecule has 1 heterocycles. The van der Waals surface area contributed by atoms with E-state index in [-0.39, 0.29) is 11.9 Å². The molecule has 1 saturated carbocycles. The number of nitrogens with two attached hydrogens (primary N) is 1. The zero-order chi connectivity index (χ0) is 17.6. The number of hydrogen-bond donors (Lipinski definition) is 3. The van der Waals surface area contributed by atoms with Crippen molar-refractivity contribution in [3.63, 3.8) is 0 Å². The van der Waals surface area contributed by atoms with Crippen molar-refractivity contribution in [2.75, 3.05) is 17.2 Å². The van der Waals surface area contributed by atoms with E-state index >= 15 is 0 Å². The standard InChI is InChI=1S/C19H22FN5/c1-2-9-22-18-14(4-3-13-10-16(21)11-13)12-23-19(25-18)24-17-7-5-15(20)6-8-17/h5-8,12-13,16H,2,9-11,21H2,1H3,(H2,22,23,24,25)/t13-,16+. The van der Waals surface area contributed by atoms with E-state index in [1.54, 1.807) is 18.3 Å². The van der Waals surface area contributed by atoms with E-state index in [4.69, 9.17) is 5.73 Å². The van der Waals surface area contributed by atoms with Crippen molar-refractivity contribution < 1.29 is 4.39 Å². The summed E-state index contributed by atoms with van der Waals surface area (Å²) in [6.45, 7) is 2.89. The van der Waals surface area contributed by atoms with Crippen molar-refractivity contribution in [1.29, 1.82) is 0 Å². The van der Waals surface area contributed by atoms with Gasteiger partial charge in [-0.2, -0.15) is 4.98 Å². The van der Waals surface area contributed by atoms with E-state index in [2.05, 4.69) is 39.4 Å². The fraction of sp³-hybridized carbons (Fsp3) is 0.368. The predicted molar refractivity (Wildman–Crippen MR) is 98.1 cm³/mol. The van der Waals surface area contributed by atoms with E-state index in [9.17, 15) is 4.39 Å². The van der Waals surface area contributed by atoms with Crippen LogP contribution in [0.5, 0.6) is 0 Å². The lowest BCUT2D eigenvalue weighted by Gasteiger charge is -2.27. The summed E-state index contributed by atoms with van der Waals surface area (Å²) in [7, 11) is 0. The van der Waals surface area contributed by atoms with E-state index in [0.29, 0.717) is 17.7 Å². The van der Waals surface area contributed by atoms with Gasteiger partial charge in [-0.05, 0) is 43.5 Å². The summed E-state index contributed by atoms with van der Waals surface area (Å²) >= 11 is 0. The van der Waals surface area contributed by atoms with Crippen LogP contribution in [0.1, 0.15) is 31.7 Å². The fourth-order valence-electron chi connectivity index (χ4n) is 2.53. The van der Waals surface area contributed by atoms with Gasteiger partial charge in [-0.25, -0.2) is 9.37 Å². The Hall–Kier alpha value is -2.65.